The van der Waals surface area contributed by atoms with E-state index >= 15 is 0 Å². The fourth-order valence-electron chi connectivity index (χ4n) is 1.73. The number of nitrogens with zero attached hydrogens (tertiary/aromatic N) is 2. The Kier molecular flexibility index (Phi) is 5.82. The molecular weight excluding hydrogens is 236 g/mol. The van der Waals surface area contributed by atoms with Gasteiger partial charge < -0.3 is 10.2 Å². The molecule has 1 heterocycles. The average molecular weight is 257 g/mol. The van der Waals surface area contributed by atoms with Crippen molar-refractivity contribution in [2.24, 2.45) is 0 Å². The molecule has 1 aromatic rings. The van der Waals surface area contributed by atoms with Crippen LogP contribution in [-0.2, 0) is 0 Å². The number of anilines is 2. The highest BCUT2D eigenvalue weighted by Gasteiger charge is 2.15. The fourth-order valence-corrected chi connectivity index (χ4v) is 1.73. The third-order valence-electron chi connectivity index (χ3n) is 2.63. The van der Waals surface area contributed by atoms with Gasteiger partial charge in [-0.1, -0.05) is 13.8 Å². The van der Waals surface area contributed by atoms with E-state index in [0.29, 0.717) is 19.6 Å². The Hall–Kier alpha value is -1.39. The lowest BCUT2D eigenvalue weighted by Gasteiger charge is -2.22. The van der Waals surface area contributed by atoms with Gasteiger partial charge in [0.05, 0.1) is 0 Å². The summed E-state index contributed by atoms with van der Waals surface area (Å²) in [6.07, 6.45) is 1.75. The van der Waals surface area contributed by atoms with Gasteiger partial charge in [-0.05, 0) is 19.8 Å². The maximum atomic E-state index is 13.7. The Bertz CT molecular complexity index is 383. The van der Waals surface area contributed by atoms with E-state index in [1.165, 1.54) is 0 Å². The number of hydrogen-bond acceptors (Lipinski definition) is 3. The summed E-state index contributed by atoms with van der Waals surface area (Å²) in [5.74, 6) is -0.899. The number of aromatic nitrogens is 1. The molecule has 0 atom stereocenters. The minimum absolute atomic E-state index is 0.128. The Balaban J connectivity index is 3.02. The minimum atomic E-state index is -0.641. The van der Waals surface area contributed by atoms with Gasteiger partial charge in [-0.2, -0.15) is 0 Å². The van der Waals surface area contributed by atoms with Crippen LogP contribution in [0.4, 0.5) is 20.4 Å². The van der Waals surface area contributed by atoms with Crippen molar-refractivity contribution in [3.05, 3.63) is 17.7 Å². The molecule has 0 aliphatic carbocycles. The molecule has 0 fully saturated rings. The van der Waals surface area contributed by atoms with Crippen LogP contribution in [0, 0.1) is 11.6 Å². The molecule has 18 heavy (non-hydrogen) atoms. The van der Waals surface area contributed by atoms with Crippen LogP contribution in [0.3, 0.4) is 0 Å². The fraction of sp³-hybridized carbons (Fsp3) is 0.615. The minimum Gasteiger partial charge on any atom is -0.368 e. The summed E-state index contributed by atoms with van der Waals surface area (Å²) in [4.78, 5) is 5.88. The second-order valence-electron chi connectivity index (χ2n) is 4.13. The molecule has 0 spiro atoms. The Morgan fingerprint density at radius 2 is 1.89 bits per heavy atom. The molecule has 3 nitrogen and oxygen atoms in total. The van der Waals surface area contributed by atoms with E-state index in [9.17, 15) is 8.78 Å². The quantitative estimate of drug-likeness (QED) is 0.811. The number of halogens is 2. The van der Waals surface area contributed by atoms with Crippen LogP contribution in [0.5, 0.6) is 0 Å². The van der Waals surface area contributed by atoms with E-state index in [4.69, 9.17) is 0 Å². The maximum absolute atomic E-state index is 13.7. The first-order valence-electron chi connectivity index (χ1n) is 6.48. The lowest BCUT2D eigenvalue weighted by molar-refractivity contribution is 0.569. The third-order valence-corrected chi connectivity index (χ3v) is 2.63. The molecule has 0 saturated heterocycles. The summed E-state index contributed by atoms with van der Waals surface area (Å²) in [6, 6.07) is 0.901. The van der Waals surface area contributed by atoms with Gasteiger partial charge in [0.1, 0.15) is 0 Å². The van der Waals surface area contributed by atoms with Crippen molar-refractivity contribution in [1.29, 1.82) is 0 Å². The van der Waals surface area contributed by atoms with Crippen LogP contribution in [0.15, 0.2) is 6.07 Å². The topological polar surface area (TPSA) is 28.2 Å². The zero-order chi connectivity index (χ0) is 13.5. The Morgan fingerprint density at radius 1 is 1.17 bits per heavy atom. The monoisotopic (exact) mass is 257 g/mol. The van der Waals surface area contributed by atoms with Crippen molar-refractivity contribution in [2.45, 2.75) is 33.6 Å². The summed E-state index contributed by atoms with van der Waals surface area (Å²) >= 11 is 0. The largest absolute Gasteiger partial charge is 0.368 e. The highest BCUT2D eigenvalue weighted by Crippen LogP contribution is 2.22. The maximum Gasteiger partial charge on any atom is 0.168 e. The number of nitrogens with one attached hydrogen (secondary N) is 1. The molecule has 0 aliphatic rings. The zero-order valence-corrected chi connectivity index (χ0v) is 11.3. The molecule has 102 valence electrons. The number of pyridine rings is 1. The molecule has 1 aromatic heterocycles. The first-order chi connectivity index (χ1) is 8.63. The van der Waals surface area contributed by atoms with Crippen molar-refractivity contribution >= 4 is 11.6 Å². The summed E-state index contributed by atoms with van der Waals surface area (Å²) in [7, 11) is 0. The summed E-state index contributed by atoms with van der Waals surface area (Å²) in [5.41, 5.74) is 0. The van der Waals surface area contributed by atoms with E-state index in [2.05, 4.69) is 10.3 Å². The first kappa shape index (κ1) is 14.7. The highest BCUT2D eigenvalue weighted by atomic mass is 19.1. The second-order valence-corrected chi connectivity index (χ2v) is 4.13. The Morgan fingerprint density at radius 3 is 2.44 bits per heavy atom. The van der Waals surface area contributed by atoms with E-state index < -0.39 is 11.6 Å². The van der Waals surface area contributed by atoms with Crippen molar-refractivity contribution in [3.8, 4) is 0 Å². The van der Waals surface area contributed by atoms with Crippen LogP contribution < -0.4 is 10.2 Å². The van der Waals surface area contributed by atoms with Crippen molar-refractivity contribution in [1.82, 2.24) is 4.98 Å². The standard InChI is InChI=1S/C13H21F2N3/c1-4-7-16-12-10(14)9-11(15)13(17-12)18(6-3)8-5-2/h9H,4-8H2,1-3H3,(H,16,17). The molecule has 1 N–H and O–H groups in total. The molecule has 1 rings (SSSR count). The molecule has 0 unspecified atom stereocenters. The molecular formula is C13H21F2N3. The van der Waals surface area contributed by atoms with E-state index in [0.717, 1.165) is 18.9 Å². The van der Waals surface area contributed by atoms with Gasteiger partial charge in [-0.25, -0.2) is 13.8 Å². The van der Waals surface area contributed by atoms with Crippen LogP contribution in [0.2, 0.25) is 0 Å². The van der Waals surface area contributed by atoms with Gasteiger partial charge in [0.25, 0.3) is 0 Å². The van der Waals surface area contributed by atoms with Crippen molar-refractivity contribution < 1.29 is 8.78 Å². The molecule has 0 bridgehead atoms. The summed E-state index contributed by atoms with van der Waals surface area (Å²) in [6.45, 7) is 7.90. The van der Waals surface area contributed by atoms with Crippen LogP contribution in [-0.4, -0.2) is 24.6 Å². The zero-order valence-electron chi connectivity index (χ0n) is 11.3. The molecule has 0 aromatic carbocycles. The van der Waals surface area contributed by atoms with Gasteiger partial charge in [0.2, 0.25) is 0 Å². The van der Waals surface area contributed by atoms with Crippen LogP contribution >= 0.6 is 0 Å². The summed E-state index contributed by atoms with van der Waals surface area (Å²) in [5, 5.41) is 2.87. The van der Waals surface area contributed by atoms with E-state index in [1.807, 2.05) is 25.7 Å². The van der Waals surface area contributed by atoms with E-state index in [-0.39, 0.29) is 11.6 Å². The van der Waals surface area contributed by atoms with Crippen LogP contribution in [0.25, 0.3) is 0 Å². The van der Waals surface area contributed by atoms with Crippen LogP contribution in [0.1, 0.15) is 33.6 Å². The van der Waals surface area contributed by atoms with Gasteiger partial charge in [0.15, 0.2) is 23.3 Å². The number of hydrogen-bond donors (Lipinski definition) is 1. The van der Waals surface area contributed by atoms with Crippen molar-refractivity contribution in [3.63, 3.8) is 0 Å². The normalized spacial score (nSPS) is 10.5. The molecule has 0 aliphatic heterocycles. The molecule has 0 saturated carbocycles. The molecule has 0 radical (unpaired) electrons. The smallest absolute Gasteiger partial charge is 0.168 e. The van der Waals surface area contributed by atoms with E-state index in [1.54, 1.807) is 0 Å². The third kappa shape index (κ3) is 3.55. The van der Waals surface area contributed by atoms with Gasteiger partial charge in [-0.3, -0.25) is 0 Å². The average Bonchev–Trinajstić information content (AvgIpc) is 2.35. The first-order valence-corrected chi connectivity index (χ1v) is 6.48. The molecule has 5 heteroatoms. The lowest BCUT2D eigenvalue weighted by atomic mass is 10.3. The van der Waals surface area contributed by atoms with Gasteiger partial charge in [-0.15, -0.1) is 0 Å². The highest BCUT2D eigenvalue weighted by molar-refractivity contribution is 5.49. The summed E-state index contributed by atoms with van der Waals surface area (Å²) < 4.78 is 27.3. The SMILES string of the molecule is CCCNc1nc(N(CC)CCC)c(F)cc1F. The second kappa shape index (κ2) is 7.13. The number of rotatable bonds is 7. The Labute approximate surface area is 107 Å². The molecule has 0 amide bonds. The van der Waals surface area contributed by atoms with Crippen molar-refractivity contribution in [2.75, 3.05) is 29.9 Å². The van der Waals surface area contributed by atoms with Gasteiger partial charge >= 0.3 is 0 Å². The lowest BCUT2D eigenvalue weighted by Crippen LogP contribution is -2.26. The van der Waals surface area contributed by atoms with Gasteiger partial charge in [0, 0.05) is 25.7 Å². The predicted octanol–water partition coefficient (Wildman–Crippen LogP) is 3.42. The predicted molar refractivity (Wildman–Crippen MR) is 71.1 cm³/mol.